The molecule has 0 aromatic carbocycles. The third-order valence-corrected chi connectivity index (χ3v) is 13.2. The van der Waals surface area contributed by atoms with Gasteiger partial charge in [-0.15, -0.1) is 0 Å². The first-order valence-electron chi connectivity index (χ1n) is 19.0. The lowest BCUT2D eigenvalue weighted by molar-refractivity contribution is -0.206. The molecule has 48 heavy (non-hydrogen) atoms. The predicted octanol–water partition coefficient (Wildman–Crippen LogP) is 1.16. The maximum absolute atomic E-state index is 16.3. The summed E-state index contributed by atoms with van der Waals surface area (Å²) in [4.78, 5) is 48.3. The highest BCUT2D eigenvalue weighted by atomic mass is 19.1. The largest absolute Gasteiger partial charge is 0.379 e. The Morgan fingerprint density at radius 3 is 2.35 bits per heavy atom. The molecule has 0 bridgehead atoms. The first kappa shape index (κ1) is 33.2. The minimum atomic E-state index is -1.29. The van der Waals surface area contributed by atoms with E-state index in [2.05, 4.69) is 25.3 Å². The van der Waals surface area contributed by atoms with E-state index >= 15 is 4.39 Å². The molecular formula is C36H54FN5O6. The molecule has 4 saturated carbocycles. The molecule has 11 nitrogen and oxygen atoms in total. The highest BCUT2D eigenvalue weighted by Crippen LogP contribution is 2.55. The molecule has 0 spiro atoms. The van der Waals surface area contributed by atoms with Gasteiger partial charge in [-0.05, 0) is 56.9 Å². The first-order valence-corrected chi connectivity index (χ1v) is 19.0. The van der Waals surface area contributed by atoms with E-state index in [1.165, 1.54) is 6.42 Å². The Morgan fingerprint density at radius 1 is 0.854 bits per heavy atom. The van der Waals surface area contributed by atoms with Gasteiger partial charge in [0.2, 0.25) is 0 Å². The fourth-order valence-electron chi connectivity index (χ4n) is 10.8. The smallest absolute Gasteiger partial charge is 0.256 e. The Labute approximate surface area is 283 Å². The topological polar surface area (TPSA) is 113 Å². The van der Waals surface area contributed by atoms with Gasteiger partial charge in [-0.25, -0.2) is 4.39 Å². The number of amides is 1. The highest BCUT2D eigenvalue weighted by Gasteiger charge is 2.62. The van der Waals surface area contributed by atoms with Gasteiger partial charge in [-0.3, -0.25) is 24.2 Å². The van der Waals surface area contributed by atoms with Gasteiger partial charge in [0.1, 0.15) is 12.0 Å². The van der Waals surface area contributed by atoms with Gasteiger partial charge < -0.3 is 29.7 Å². The van der Waals surface area contributed by atoms with E-state index in [4.69, 9.17) is 14.2 Å². The number of ether oxygens (including phenoxy) is 3. The van der Waals surface area contributed by atoms with Crippen LogP contribution in [0.1, 0.15) is 51.4 Å². The number of alkyl halides is 1. The van der Waals surface area contributed by atoms with Crippen molar-refractivity contribution in [2.75, 3.05) is 78.8 Å². The lowest BCUT2D eigenvalue weighted by Gasteiger charge is -2.60. The van der Waals surface area contributed by atoms with Crippen molar-refractivity contribution in [1.82, 2.24) is 25.3 Å². The van der Waals surface area contributed by atoms with E-state index in [0.29, 0.717) is 50.3 Å². The Morgan fingerprint density at radius 2 is 1.58 bits per heavy atom. The fourth-order valence-corrected chi connectivity index (χ4v) is 10.8. The number of nitrogens with zero attached hydrogens (tertiary/aromatic N) is 3. The third kappa shape index (κ3) is 6.27. The summed E-state index contributed by atoms with van der Waals surface area (Å²) in [6.07, 6.45) is 6.47. The number of rotatable bonds is 9. The van der Waals surface area contributed by atoms with Gasteiger partial charge in [-0.2, -0.15) is 0 Å². The van der Waals surface area contributed by atoms with Crippen LogP contribution in [0.3, 0.4) is 0 Å². The zero-order chi connectivity index (χ0) is 32.8. The molecule has 4 aliphatic carbocycles. The standard InChI is InChI=1S/C36H54FN5O6/c37-28-18-26-32-35(31(28)38-7-9-41-12-16-47-17-13-41)48-30-20-25-24(22-4-1-2-5-23(22)33(25)43)19-29(30)42(32)21-27(34(26)44)36(45)39-6-3-8-40-10-14-46-15-11-40/h21-26,28-32,35,38H,1-20H2,(H,39,45). The Balaban J connectivity index is 1.02. The SMILES string of the molecule is O=C(NCCCN1CCOCC1)C1=CN2C3CC4C(CC3OC3C(NCCN5CCOCC5)C(F)CC(C1=O)C32)C(=O)C1CCCCC14. The first-order chi connectivity index (χ1) is 23.5. The van der Waals surface area contributed by atoms with Gasteiger partial charge in [-0.1, -0.05) is 12.8 Å². The van der Waals surface area contributed by atoms with Crippen molar-refractivity contribution in [2.45, 2.75) is 87.9 Å². The molecule has 12 heteroatoms. The summed E-state index contributed by atoms with van der Waals surface area (Å²) < 4.78 is 34.1. The second kappa shape index (κ2) is 14.3. The van der Waals surface area contributed by atoms with Crippen molar-refractivity contribution < 1.29 is 33.0 Å². The minimum Gasteiger partial charge on any atom is -0.379 e. The van der Waals surface area contributed by atoms with E-state index < -0.39 is 24.2 Å². The Bertz CT molecular complexity index is 1240. The minimum absolute atomic E-state index is 0.00571. The number of halogens is 1. The van der Waals surface area contributed by atoms with Crippen molar-refractivity contribution in [2.24, 2.45) is 29.6 Å². The van der Waals surface area contributed by atoms with Crippen molar-refractivity contribution in [3.63, 3.8) is 0 Å². The molecule has 2 N–H and O–H groups in total. The molecular weight excluding hydrogens is 617 g/mol. The number of fused-ring (bicyclic) bond motifs is 5. The summed E-state index contributed by atoms with van der Waals surface area (Å²) in [6, 6.07) is -0.932. The number of nitrogens with one attached hydrogen (secondary N) is 2. The summed E-state index contributed by atoms with van der Waals surface area (Å²) in [6.45, 7) is 9.15. The van der Waals surface area contributed by atoms with Gasteiger partial charge in [0.25, 0.3) is 5.91 Å². The maximum Gasteiger partial charge on any atom is 0.256 e. The third-order valence-electron chi connectivity index (χ3n) is 13.2. The van der Waals surface area contributed by atoms with E-state index in [-0.39, 0.29) is 53.7 Å². The number of ketones is 2. The monoisotopic (exact) mass is 671 g/mol. The molecule has 4 heterocycles. The fraction of sp³-hybridized carbons (Fsp3) is 0.861. The van der Waals surface area contributed by atoms with Crippen LogP contribution < -0.4 is 10.6 Å². The van der Waals surface area contributed by atoms with E-state index in [1.807, 2.05) is 6.20 Å². The molecule has 11 unspecified atom stereocenters. The lowest BCUT2D eigenvalue weighted by Crippen LogP contribution is -2.73. The van der Waals surface area contributed by atoms with Crippen LogP contribution in [0.4, 0.5) is 4.39 Å². The zero-order valence-corrected chi connectivity index (χ0v) is 28.2. The molecule has 8 aliphatic rings. The lowest BCUT2D eigenvalue weighted by atomic mass is 9.66. The molecule has 7 fully saturated rings. The summed E-state index contributed by atoms with van der Waals surface area (Å²) in [5, 5.41) is 6.52. The summed E-state index contributed by atoms with van der Waals surface area (Å²) in [7, 11) is 0. The average molecular weight is 672 g/mol. The van der Waals surface area contributed by atoms with E-state index in [0.717, 1.165) is 84.6 Å². The van der Waals surface area contributed by atoms with Crippen molar-refractivity contribution in [3.8, 4) is 0 Å². The Kier molecular flexibility index (Phi) is 9.92. The number of carbonyl (C=O) groups is 3. The highest BCUT2D eigenvalue weighted by molar-refractivity contribution is 6.20. The number of Topliss-reactive ketones (excluding diaryl/α,β-unsaturated/α-hetero) is 2. The van der Waals surface area contributed by atoms with E-state index in [9.17, 15) is 14.4 Å². The van der Waals surface area contributed by atoms with Gasteiger partial charge in [0.15, 0.2) is 5.78 Å². The van der Waals surface area contributed by atoms with Crippen LogP contribution >= 0.6 is 0 Å². The molecule has 3 saturated heterocycles. The van der Waals surface area contributed by atoms with Crippen LogP contribution in [0, 0.1) is 29.6 Å². The number of hydrogen-bond acceptors (Lipinski definition) is 10. The molecule has 11 atom stereocenters. The summed E-state index contributed by atoms with van der Waals surface area (Å²) in [5.74, 6) is 0.0318. The molecule has 0 aromatic heterocycles. The Hall–Kier alpha value is -1.96. The number of morpholine rings is 3. The normalized spacial score (nSPS) is 41.6. The van der Waals surface area contributed by atoms with Crippen LogP contribution in [-0.2, 0) is 28.6 Å². The maximum atomic E-state index is 16.3. The average Bonchev–Trinajstić information content (AvgIpc) is 3.39. The molecule has 0 aromatic rings. The van der Waals surface area contributed by atoms with Gasteiger partial charge in [0, 0.05) is 69.8 Å². The molecule has 1 amide bonds. The quantitative estimate of drug-likeness (QED) is 0.274. The van der Waals surface area contributed by atoms with Crippen LogP contribution in [-0.4, -0.2) is 147 Å². The number of hydrogen-bond donors (Lipinski definition) is 2. The number of carbonyl (C=O) groups excluding carboxylic acids is 3. The molecule has 4 aliphatic heterocycles. The molecule has 266 valence electrons. The van der Waals surface area contributed by atoms with Crippen LogP contribution in [0.2, 0.25) is 0 Å². The second-order valence-electron chi connectivity index (χ2n) is 15.6. The van der Waals surface area contributed by atoms with Crippen molar-refractivity contribution in [1.29, 1.82) is 0 Å². The molecule has 8 rings (SSSR count). The van der Waals surface area contributed by atoms with Crippen molar-refractivity contribution in [3.05, 3.63) is 11.8 Å². The predicted molar refractivity (Wildman–Crippen MR) is 175 cm³/mol. The van der Waals surface area contributed by atoms with Crippen LogP contribution in [0.5, 0.6) is 0 Å². The van der Waals surface area contributed by atoms with Crippen molar-refractivity contribution >= 4 is 17.5 Å². The summed E-state index contributed by atoms with van der Waals surface area (Å²) in [5.41, 5.74) is 0.146. The van der Waals surface area contributed by atoms with Crippen LogP contribution in [0.25, 0.3) is 0 Å². The van der Waals surface area contributed by atoms with Gasteiger partial charge in [0.05, 0.1) is 62.3 Å². The van der Waals surface area contributed by atoms with Gasteiger partial charge >= 0.3 is 0 Å². The zero-order valence-electron chi connectivity index (χ0n) is 28.2. The summed E-state index contributed by atoms with van der Waals surface area (Å²) >= 11 is 0. The van der Waals surface area contributed by atoms with E-state index in [1.54, 1.807) is 0 Å². The second-order valence-corrected chi connectivity index (χ2v) is 15.6. The van der Waals surface area contributed by atoms with Crippen LogP contribution in [0.15, 0.2) is 11.8 Å². The molecule has 0 radical (unpaired) electrons.